The van der Waals surface area contributed by atoms with E-state index in [9.17, 15) is 9.59 Å². The summed E-state index contributed by atoms with van der Waals surface area (Å²) in [6.45, 7) is 5.53. The Hall–Kier alpha value is -2.93. The van der Waals surface area contributed by atoms with Gasteiger partial charge in [0.2, 0.25) is 5.91 Å². The third-order valence-electron chi connectivity index (χ3n) is 4.71. The molecule has 2 atom stereocenters. The molecule has 7 heteroatoms. The third-order valence-corrected chi connectivity index (χ3v) is 5.76. The third kappa shape index (κ3) is 3.22. The van der Waals surface area contributed by atoms with Gasteiger partial charge in [0.15, 0.2) is 5.17 Å². The smallest absolute Gasteiger partial charge is 0.258 e. The molecule has 0 saturated heterocycles. The van der Waals surface area contributed by atoms with E-state index in [4.69, 9.17) is 0 Å². The van der Waals surface area contributed by atoms with E-state index in [1.165, 1.54) is 16.7 Å². The van der Waals surface area contributed by atoms with Gasteiger partial charge < -0.3 is 5.32 Å². The quantitative estimate of drug-likeness (QED) is 0.865. The molecule has 0 spiro atoms. The number of aliphatic imine (C=N–C) groups is 2. The summed E-state index contributed by atoms with van der Waals surface area (Å²) in [5.41, 5.74) is 3.37. The Morgan fingerprint density at radius 2 is 1.89 bits per heavy atom. The van der Waals surface area contributed by atoms with Crippen molar-refractivity contribution in [3.63, 3.8) is 0 Å². The highest BCUT2D eigenvalue weighted by Gasteiger charge is 2.40. The zero-order valence-electron chi connectivity index (χ0n) is 15.8. The number of nitrogens with zero attached hydrogens (tertiary/aromatic N) is 3. The monoisotopic (exact) mass is 392 g/mol. The molecule has 0 fully saturated rings. The molecule has 0 saturated carbocycles. The molecular formula is C21H20N4O2S. The summed E-state index contributed by atoms with van der Waals surface area (Å²) in [7, 11) is 0. The summed E-state index contributed by atoms with van der Waals surface area (Å²) in [5, 5.41) is 3.00. The molecule has 2 aliphatic heterocycles. The van der Waals surface area contributed by atoms with E-state index < -0.39 is 11.3 Å². The second kappa shape index (κ2) is 7.24. The largest absolute Gasteiger partial charge is 0.325 e. The lowest BCUT2D eigenvalue weighted by molar-refractivity contribution is -0.124. The Balaban J connectivity index is 1.59. The van der Waals surface area contributed by atoms with Crippen molar-refractivity contribution in [2.24, 2.45) is 9.98 Å². The van der Waals surface area contributed by atoms with Crippen molar-refractivity contribution in [2.75, 3.05) is 5.32 Å². The second-order valence-corrected chi connectivity index (χ2v) is 8.09. The molecule has 0 aliphatic carbocycles. The maximum atomic E-state index is 12.7. The van der Waals surface area contributed by atoms with E-state index >= 15 is 0 Å². The van der Waals surface area contributed by atoms with Crippen molar-refractivity contribution in [3.8, 4) is 0 Å². The van der Waals surface area contributed by atoms with Crippen LogP contribution in [-0.2, 0) is 9.59 Å². The van der Waals surface area contributed by atoms with Gasteiger partial charge in [0.1, 0.15) is 11.9 Å². The molecule has 1 N–H and O–H groups in total. The maximum absolute atomic E-state index is 12.7. The van der Waals surface area contributed by atoms with Gasteiger partial charge in [-0.05, 0) is 44.5 Å². The number of fused-ring (bicyclic) bond motifs is 3. The number of thioether (sulfide) groups is 1. The van der Waals surface area contributed by atoms with E-state index in [0.717, 1.165) is 22.5 Å². The molecule has 2 amide bonds. The number of rotatable bonds is 3. The van der Waals surface area contributed by atoms with Crippen molar-refractivity contribution >= 4 is 46.0 Å². The Kier molecular flexibility index (Phi) is 4.77. The van der Waals surface area contributed by atoms with Gasteiger partial charge in [0.25, 0.3) is 5.91 Å². The minimum atomic E-state index is -0.456. The number of amides is 2. The summed E-state index contributed by atoms with van der Waals surface area (Å²) in [6.07, 6.45) is 0. The van der Waals surface area contributed by atoms with Gasteiger partial charge in [0, 0.05) is 11.3 Å². The molecule has 0 radical (unpaired) electrons. The van der Waals surface area contributed by atoms with E-state index in [0.29, 0.717) is 11.0 Å². The van der Waals surface area contributed by atoms with Gasteiger partial charge in [0.05, 0.1) is 10.9 Å². The number of aryl methyl sites for hydroxylation is 1. The van der Waals surface area contributed by atoms with Crippen LogP contribution < -0.4 is 5.32 Å². The molecule has 2 aliphatic rings. The minimum Gasteiger partial charge on any atom is -0.325 e. The van der Waals surface area contributed by atoms with Crippen LogP contribution >= 0.6 is 11.8 Å². The number of anilines is 1. The first-order chi connectivity index (χ1) is 13.5. The van der Waals surface area contributed by atoms with Gasteiger partial charge in [-0.15, -0.1) is 0 Å². The molecule has 6 nitrogen and oxygen atoms in total. The number of amidine groups is 2. The zero-order valence-corrected chi connectivity index (χ0v) is 16.7. The van der Waals surface area contributed by atoms with Crippen LogP contribution in [0.4, 0.5) is 11.4 Å². The summed E-state index contributed by atoms with van der Waals surface area (Å²) < 4.78 is 0. The molecule has 0 bridgehead atoms. The first kappa shape index (κ1) is 18.4. The number of carbonyl (C=O) groups is 2. The number of benzene rings is 2. The fourth-order valence-electron chi connectivity index (χ4n) is 3.11. The maximum Gasteiger partial charge on any atom is 0.258 e. The SMILES string of the molecule is Cc1ccccc1NC(=O)C(C)SC1=Nc2ccccc2C2=NC(C)C(=O)N12. The fourth-order valence-corrected chi connectivity index (χ4v) is 4.03. The number of hydrogen-bond acceptors (Lipinski definition) is 5. The molecular weight excluding hydrogens is 372 g/mol. The van der Waals surface area contributed by atoms with Gasteiger partial charge in [-0.2, -0.15) is 0 Å². The highest BCUT2D eigenvalue weighted by Crippen LogP contribution is 2.34. The van der Waals surface area contributed by atoms with Gasteiger partial charge >= 0.3 is 0 Å². The van der Waals surface area contributed by atoms with Gasteiger partial charge in [-0.1, -0.05) is 42.1 Å². The highest BCUT2D eigenvalue weighted by molar-refractivity contribution is 8.15. The van der Waals surface area contributed by atoms with Crippen LogP contribution in [0.2, 0.25) is 0 Å². The topological polar surface area (TPSA) is 74.1 Å². The Morgan fingerprint density at radius 1 is 1.18 bits per heavy atom. The van der Waals surface area contributed by atoms with E-state index in [2.05, 4.69) is 15.3 Å². The van der Waals surface area contributed by atoms with Crippen molar-refractivity contribution in [2.45, 2.75) is 32.1 Å². The van der Waals surface area contributed by atoms with Crippen LogP contribution in [0.15, 0.2) is 58.5 Å². The van der Waals surface area contributed by atoms with Crippen LogP contribution in [0.3, 0.4) is 0 Å². The van der Waals surface area contributed by atoms with Crippen LogP contribution in [0, 0.1) is 6.92 Å². The highest BCUT2D eigenvalue weighted by atomic mass is 32.2. The Morgan fingerprint density at radius 3 is 2.68 bits per heavy atom. The van der Waals surface area contributed by atoms with Crippen molar-refractivity contribution in [1.82, 2.24) is 4.90 Å². The van der Waals surface area contributed by atoms with Crippen LogP contribution in [0.5, 0.6) is 0 Å². The summed E-state index contributed by atoms with van der Waals surface area (Å²) >= 11 is 1.26. The van der Waals surface area contributed by atoms with Crippen molar-refractivity contribution in [1.29, 1.82) is 0 Å². The average molecular weight is 392 g/mol. The second-order valence-electron chi connectivity index (χ2n) is 6.78. The van der Waals surface area contributed by atoms with Gasteiger partial charge in [-0.3, -0.25) is 14.6 Å². The predicted molar refractivity (Wildman–Crippen MR) is 113 cm³/mol. The van der Waals surface area contributed by atoms with E-state index in [-0.39, 0.29) is 11.8 Å². The first-order valence-electron chi connectivity index (χ1n) is 9.08. The summed E-state index contributed by atoms with van der Waals surface area (Å²) in [5.74, 6) is 0.346. The van der Waals surface area contributed by atoms with E-state index in [1.807, 2.05) is 62.4 Å². The van der Waals surface area contributed by atoms with Gasteiger partial charge in [-0.25, -0.2) is 9.89 Å². The van der Waals surface area contributed by atoms with Crippen LogP contribution in [0.25, 0.3) is 0 Å². The molecule has 142 valence electrons. The standard InChI is InChI=1S/C21H20N4O2S/c1-12-8-4-6-10-16(12)23-19(26)14(3)28-21-24-17-11-7-5-9-15(17)18-22-13(2)20(27)25(18)21/h4-11,13-14H,1-3H3,(H,23,26). The van der Waals surface area contributed by atoms with Crippen molar-refractivity contribution < 1.29 is 9.59 Å². The minimum absolute atomic E-state index is 0.123. The molecule has 2 aromatic carbocycles. The predicted octanol–water partition coefficient (Wildman–Crippen LogP) is 3.73. The zero-order chi connectivity index (χ0) is 19.8. The van der Waals surface area contributed by atoms with Crippen LogP contribution in [0.1, 0.15) is 25.0 Å². The Bertz CT molecular complexity index is 1030. The van der Waals surface area contributed by atoms with Crippen LogP contribution in [-0.4, -0.2) is 39.0 Å². The number of hydrogen-bond donors (Lipinski definition) is 1. The number of para-hydroxylation sites is 2. The molecule has 2 heterocycles. The molecule has 28 heavy (non-hydrogen) atoms. The van der Waals surface area contributed by atoms with Crippen molar-refractivity contribution in [3.05, 3.63) is 59.7 Å². The molecule has 4 rings (SSSR count). The summed E-state index contributed by atoms with van der Waals surface area (Å²) in [6, 6.07) is 14.8. The average Bonchev–Trinajstić information content (AvgIpc) is 2.99. The lowest BCUT2D eigenvalue weighted by Crippen LogP contribution is -2.42. The fraction of sp³-hybridized carbons (Fsp3) is 0.238. The van der Waals surface area contributed by atoms with E-state index in [1.54, 1.807) is 6.92 Å². The molecule has 0 aromatic heterocycles. The Labute approximate surface area is 167 Å². The number of nitrogens with one attached hydrogen (secondary N) is 1. The number of carbonyl (C=O) groups excluding carboxylic acids is 2. The first-order valence-corrected chi connectivity index (χ1v) is 9.96. The lowest BCUT2D eigenvalue weighted by atomic mass is 10.1. The molecule has 2 aromatic rings. The lowest BCUT2D eigenvalue weighted by Gasteiger charge is -2.26. The normalized spacial score (nSPS) is 18.8. The molecule has 2 unspecified atom stereocenters. The summed E-state index contributed by atoms with van der Waals surface area (Å²) in [4.78, 5) is 36.1.